The standard InChI is InChI=1S/C13H16N4O/c1-2-4-11(5-3-1)12-10-14-13(16-15-12)17-6-8-18-9-7-17/h1-5H,6-10H2,(H,14,16). The van der Waals surface area contributed by atoms with Crippen LogP contribution in [-0.2, 0) is 4.74 Å². The zero-order chi connectivity index (χ0) is 12.2. The first-order chi connectivity index (χ1) is 8.93. The van der Waals surface area contributed by atoms with Crippen molar-refractivity contribution in [2.45, 2.75) is 0 Å². The molecule has 2 heterocycles. The van der Waals surface area contributed by atoms with E-state index in [1.165, 1.54) is 0 Å². The number of benzene rings is 1. The fraction of sp³-hybridized carbons (Fsp3) is 0.385. The molecule has 0 unspecified atom stereocenters. The van der Waals surface area contributed by atoms with Crippen LogP contribution >= 0.6 is 0 Å². The van der Waals surface area contributed by atoms with Gasteiger partial charge in [-0.05, 0) is 5.56 Å². The zero-order valence-electron chi connectivity index (χ0n) is 10.2. The Hall–Kier alpha value is -1.88. The molecule has 0 bridgehead atoms. The summed E-state index contributed by atoms with van der Waals surface area (Å²) in [5, 5.41) is 4.41. The van der Waals surface area contributed by atoms with Gasteiger partial charge in [-0.3, -0.25) is 0 Å². The van der Waals surface area contributed by atoms with Gasteiger partial charge in [0.2, 0.25) is 5.96 Å². The maximum Gasteiger partial charge on any atom is 0.215 e. The predicted octanol–water partition coefficient (Wildman–Crippen LogP) is 0.682. The minimum absolute atomic E-state index is 0.629. The fourth-order valence-electron chi connectivity index (χ4n) is 2.07. The molecule has 0 saturated carbocycles. The minimum atomic E-state index is 0.629. The van der Waals surface area contributed by atoms with Crippen LogP contribution in [0.1, 0.15) is 5.56 Å². The average Bonchev–Trinajstić information content (AvgIpc) is 2.49. The van der Waals surface area contributed by atoms with E-state index in [9.17, 15) is 0 Å². The number of ether oxygens (including phenoxy) is 1. The molecule has 1 aromatic carbocycles. The van der Waals surface area contributed by atoms with Crippen molar-refractivity contribution in [2.24, 2.45) is 10.1 Å². The van der Waals surface area contributed by atoms with E-state index in [2.05, 4.69) is 32.6 Å². The highest BCUT2D eigenvalue weighted by molar-refractivity contribution is 6.04. The molecule has 1 fully saturated rings. The van der Waals surface area contributed by atoms with Crippen molar-refractivity contribution < 1.29 is 4.74 Å². The Balaban J connectivity index is 1.66. The molecular formula is C13H16N4O. The molecule has 0 amide bonds. The van der Waals surface area contributed by atoms with E-state index in [4.69, 9.17) is 4.74 Å². The Morgan fingerprint density at radius 2 is 1.89 bits per heavy atom. The van der Waals surface area contributed by atoms with Crippen molar-refractivity contribution >= 4 is 11.7 Å². The van der Waals surface area contributed by atoms with Gasteiger partial charge in [-0.2, -0.15) is 5.10 Å². The summed E-state index contributed by atoms with van der Waals surface area (Å²) in [6, 6.07) is 10.1. The van der Waals surface area contributed by atoms with Crippen LogP contribution in [0.3, 0.4) is 0 Å². The molecule has 2 aliphatic rings. The van der Waals surface area contributed by atoms with Gasteiger partial charge >= 0.3 is 0 Å². The Morgan fingerprint density at radius 3 is 2.56 bits per heavy atom. The highest BCUT2D eigenvalue weighted by Gasteiger charge is 2.17. The molecule has 94 valence electrons. The molecule has 1 saturated heterocycles. The molecule has 1 N–H and O–H groups in total. The van der Waals surface area contributed by atoms with Crippen LogP contribution in [0.15, 0.2) is 40.4 Å². The summed E-state index contributed by atoms with van der Waals surface area (Å²) in [5.74, 6) is 0.859. The van der Waals surface area contributed by atoms with E-state index in [0.717, 1.165) is 43.5 Å². The van der Waals surface area contributed by atoms with Gasteiger partial charge in [0, 0.05) is 13.1 Å². The first-order valence-electron chi connectivity index (χ1n) is 6.18. The van der Waals surface area contributed by atoms with E-state index in [1.807, 2.05) is 18.2 Å². The average molecular weight is 244 g/mol. The lowest BCUT2D eigenvalue weighted by atomic mass is 10.1. The normalized spacial score (nSPS) is 19.9. The first kappa shape index (κ1) is 11.2. The van der Waals surface area contributed by atoms with Gasteiger partial charge in [0.25, 0.3) is 0 Å². The number of nitrogens with zero attached hydrogens (tertiary/aromatic N) is 3. The third-order valence-corrected chi connectivity index (χ3v) is 3.09. The van der Waals surface area contributed by atoms with Crippen LogP contribution < -0.4 is 5.43 Å². The molecule has 5 nitrogen and oxygen atoms in total. The number of aliphatic imine (C=N–C) groups is 1. The molecular weight excluding hydrogens is 228 g/mol. The van der Waals surface area contributed by atoms with E-state index < -0.39 is 0 Å². The van der Waals surface area contributed by atoms with Gasteiger partial charge in [-0.15, -0.1) is 0 Å². The number of guanidine groups is 1. The van der Waals surface area contributed by atoms with Crippen molar-refractivity contribution in [3.8, 4) is 0 Å². The third-order valence-electron chi connectivity index (χ3n) is 3.09. The van der Waals surface area contributed by atoms with Crippen LogP contribution in [0.2, 0.25) is 0 Å². The van der Waals surface area contributed by atoms with Crippen molar-refractivity contribution in [3.05, 3.63) is 35.9 Å². The van der Waals surface area contributed by atoms with E-state index >= 15 is 0 Å². The first-order valence-corrected chi connectivity index (χ1v) is 6.18. The summed E-state index contributed by atoms with van der Waals surface area (Å²) in [6.07, 6.45) is 0. The second-order valence-electron chi connectivity index (χ2n) is 4.28. The zero-order valence-corrected chi connectivity index (χ0v) is 10.2. The van der Waals surface area contributed by atoms with Crippen molar-refractivity contribution in [3.63, 3.8) is 0 Å². The molecule has 0 aromatic heterocycles. The quantitative estimate of drug-likeness (QED) is 0.790. The summed E-state index contributed by atoms with van der Waals surface area (Å²) in [6.45, 7) is 3.90. The van der Waals surface area contributed by atoms with Crippen LogP contribution in [-0.4, -0.2) is 49.4 Å². The van der Waals surface area contributed by atoms with Crippen LogP contribution in [0.5, 0.6) is 0 Å². The number of hydrogen-bond acceptors (Lipinski definition) is 5. The van der Waals surface area contributed by atoms with E-state index in [0.29, 0.717) is 6.54 Å². The molecule has 0 atom stereocenters. The Labute approximate surface area is 106 Å². The minimum Gasteiger partial charge on any atom is -0.378 e. The molecule has 1 aromatic rings. The van der Waals surface area contributed by atoms with Gasteiger partial charge in [-0.25, -0.2) is 10.4 Å². The van der Waals surface area contributed by atoms with Crippen molar-refractivity contribution in [2.75, 3.05) is 32.8 Å². The highest BCUT2D eigenvalue weighted by Crippen LogP contribution is 2.06. The summed E-state index contributed by atoms with van der Waals surface area (Å²) >= 11 is 0. The maximum absolute atomic E-state index is 5.32. The largest absolute Gasteiger partial charge is 0.378 e. The fourth-order valence-corrected chi connectivity index (χ4v) is 2.07. The number of morpholine rings is 1. The van der Waals surface area contributed by atoms with Gasteiger partial charge < -0.3 is 9.64 Å². The summed E-state index contributed by atoms with van der Waals surface area (Å²) in [7, 11) is 0. The van der Waals surface area contributed by atoms with Crippen LogP contribution in [0.25, 0.3) is 0 Å². The Morgan fingerprint density at radius 1 is 1.11 bits per heavy atom. The maximum atomic E-state index is 5.32. The van der Waals surface area contributed by atoms with Crippen LogP contribution in [0, 0.1) is 0 Å². The van der Waals surface area contributed by atoms with Gasteiger partial charge in [0.15, 0.2) is 0 Å². The van der Waals surface area contributed by atoms with Gasteiger partial charge in [-0.1, -0.05) is 30.3 Å². The van der Waals surface area contributed by atoms with Crippen LogP contribution in [0.4, 0.5) is 0 Å². The predicted molar refractivity (Wildman–Crippen MR) is 70.8 cm³/mol. The van der Waals surface area contributed by atoms with Crippen molar-refractivity contribution in [1.82, 2.24) is 10.3 Å². The molecule has 0 radical (unpaired) electrons. The molecule has 0 aliphatic carbocycles. The molecule has 5 heteroatoms. The number of hydrazone groups is 1. The number of rotatable bonds is 1. The summed E-state index contributed by atoms with van der Waals surface area (Å²) in [4.78, 5) is 6.73. The van der Waals surface area contributed by atoms with E-state index in [1.54, 1.807) is 0 Å². The Kier molecular flexibility index (Phi) is 3.23. The summed E-state index contributed by atoms with van der Waals surface area (Å²) < 4.78 is 5.32. The SMILES string of the molecule is c1ccc(C2=NNC(N3CCOCC3)=NC2)cc1. The molecule has 3 rings (SSSR count). The topological polar surface area (TPSA) is 49.2 Å². The lowest BCUT2D eigenvalue weighted by molar-refractivity contribution is 0.0664. The number of hydrogen-bond donors (Lipinski definition) is 1. The smallest absolute Gasteiger partial charge is 0.215 e. The summed E-state index contributed by atoms with van der Waals surface area (Å²) in [5.41, 5.74) is 5.15. The molecule has 2 aliphatic heterocycles. The third kappa shape index (κ3) is 2.36. The van der Waals surface area contributed by atoms with Crippen molar-refractivity contribution in [1.29, 1.82) is 0 Å². The molecule has 0 spiro atoms. The van der Waals surface area contributed by atoms with E-state index in [-0.39, 0.29) is 0 Å². The second-order valence-corrected chi connectivity index (χ2v) is 4.28. The lowest BCUT2D eigenvalue weighted by Crippen LogP contribution is -2.47. The lowest BCUT2D eigenvalue weighted by Gasteiger charge is -2.30. The number of nitrogens with one attached hydrogen (secondary N) is 1. The highest BCUT2D eigenvalue weighted by atomic mass is 16.5. The Bertz CT molecular complexity index is 463. The van der Waals surface area contributed by atoms with Gasteiger partial charge in [0.1, 0.15) is 0 Å². The molecule has 18 heavy (non-hydrogen) atoms. The van der Waals surface area contributed by atoms with Gasteiger partial charge in [0.05, 0.1) is 25.5 Å². The monoisotopic (exact) mass is 244 g/mol. The second kappa shape index (κ2) is 5.18.